The zero-order valence-corrected chi connectivity index (χ0v) is 9.21. The quantitative estimate of drug-likeness (QED) is 0.596. The highest BCUT2D eigenvalue weighted by molar-refractivity contribution is 5.86. The minimum atomic E-state index is -0.384. The van der Waals surface area contributed by atoms with Crippen LogP contribution in [0.2, 0.25) is 0 Å². The molecule has 3 nitrogen and oxygen atoms in total. The average molecular weight is 228 g/mol. The molecule has 0 fully saturated rings. The summed E-state index contributed by atoms with van der Waals surface area (Å²) in [5.74, 6) is 0.247. The van der Waals surface area contributed by atoms with Crippen LogP contribution >= 0.6 is 0 Å². The largest absolute Gasteiger partial charge is 0.466 e. The second kappa shape index (κ2) is 5.70. The lowest BCUT2D eigenvalue weighted by Gasteiger charge is -1.98. The van der Waals surface area contributed by atoms with Gasteiger partial charge in [0.15, 0.2) is 0 Å². The van der Waals surface area contributed by atoms with Gasteiger partial charge in [-0.1, -0.05) is 30.3 Å². The first-order valence-corrected chi connectivity index (χ1v) is 5.27. The maximum atomic E-state index is 11.4. The van der Waals surface area contributed by atoms with Gasteiger partial charge in [-0.05, 0) is 23.8 Å². The molecule has 0 aliphatic rings. The molecule has 0 saturated heterocycles. The van der Waals surface area contributed by atoms with Gasteiger partial charge in [-0.2, -0.15) is 0 Å². The van der Waals surface area contributed by atoms with Crippen molar-refractivity contribution < 1.29 is 13.9 Å². The lowest BCUT2D eigenvalue weighted by molar-refractivity contribution is -0.139. The zero-order chi connectivity index (χ0) is 11.9. The summed E-state index contributed by atoms with van der Waals surface area (Å²) in [5, 5.41) is 0. The Hall–Kier alpha value is -2.29. The van der Waals surface area contributed by atoms with Crippen LogP contribution in [0, 0.1) is 0 Å². The summed E-state index contributed by atoms with van der Waals surface area (Å²) in [6, 6.07) is 13.1. The van der Waals surface area contributed by atoms with Crippen molar-refractivity contribution >= 4 is 12.0 Å². The highest BCUT2D eigenvalue weighted by atomic mass is 16.5. The topological polar surface area (TPSA) is 39.4 Å². The Morgan fingerprint density at radius 1 is 1.18 bits per heavy atom. The van der Waals surface area contributed by atoms with Crippen LogP contribution in [0.5, 0.6) is 0 Å². The molecule has 2 aromatic rings. The number of ether oxygens (including phenoxy) is 1. The van der Waals surface area contributed by atoms with E-state index >= 15 is 0 Å². The molecule has 3 heteroatoms. The third kappa shape index (κ3) is 3.65. The normalized spacial score (nSPS) is 10.6. The van der Waals surface area contributed by atoms with Crippen LogP contribution < -0.4 is 0 Å². The SMILES string of the molecule is O=C(C=Cc1ccccc1)OCc1ccco1. The fraction of sp³-hybridized carbons (Fsp3) is 0.0714. The number of rotatable bonds is 4. The van der Waals surface area contributed by atoms with Gasteiger partial charge in [0.25, 0.3) is 0 Å². The molecule has 0 spiro atoms. The standard InChI is InChI=1S/C14H12O3/c15-14(17-11-13-7-4-10-16-13)9-8-12-5-2-1-3-6-12/h1-10H,11H2. The van der Waals surface area contributed by atoms with E-state index < -0.39 is 0 Å². The fourth-order valence-electron chi connectivity index (χ4n) is 1.31. The van der Waals surface area contributed by atoms with Crippen LogP contribution in [-0.4, -0.2) is 5.97 Å². The molecule has 0 aliphatic carbocycles. The summed E-state index contributed by atoms with van der Waals surface area (Å²) in [6.07, 6.45) is 4.66. The molecule has 0 radical (unpaired) electrons. The van der Waals surface area contributed by atoms with Crippen LogP contribution in [0.15, 0.2) is 59.2 Å². The summed E-state index contributed by atoms with van der Waals surface area (Å²) >= 11 is 0. The van der Waals surface area contributed by atoms with Crippen molar-refractivity contribution in [2.24, 2.45) is 0 Å². The van der Waals surface area contributed by atoms with Crippen LogP contribution in [0.1, 0.15) is 11.3 Å². The minimum absolute atomic E-state index is 0.158. The van der Waals surface area contributed by atoms with Crippen molar-refractivity contribution in [1.29, 1.82) is 0 Å². The van der Waals surface area contributed by atoms with Gasteiger partial charge in [-0.25, -0.2) is 4.79 Å². The number of hydrogen-bond donors (Lipinski definition) is 0. The van der Waals surface area contributed by atoms with Crippen molar-refractivity contribution in [3.8, 4) is 0 Å². The number of carbonyl (C=O) groups is 1. The third-order valence-corrected chi connectivity index (χ3v) is 2.15. The van der Waals surface area contributed by atoms with E-state index in [1.807, 2.05) is 30.3 Å². The Morgan fingerprint density at radius 2 is 2.00 bits per heavy atom. The number of furan rings is 1. The molecule has 0 bridgehead atoms. The van der Waals surface area contributed by atoms with Crippen molar-refractivity contribution in [1.82, 2.24) is 0 Å². The second-order valence-electron chi connectivity index (χ2n) is 3.43. The lowest BCUT2D eigenvalue weighted by atomic mass is 10.2. The Labute approximate surface area is 99.3 Å². The molecule has 0 N–H and O–H groups in total. The number of hydrogen-bond acceptors (Lipinski definition) is 3. The molecule has 0 amide bonds. The van der Waals surface area contributed by atoms with E-state index in [0.717, 1.165) is 5.56 Å². The summed E-state index contributed by atoms with van der Waals surface area (Å²) in [7, 11) is 0. The van der Waals surface area contributed by atoms with E-state index in [0.29, 0.717) is 5.76 Å². The highest BCUT2D eigenvalue weighted by Crippen LogP contribution is 2.04. The van der Waals surface area contributed by atoms with Crippen LogP contribution in [0.25, 0.3) is 6.08 Å². The number of carbonyl (C=O) groups excluding carboxylic acids is 1. The first kappa shape index (κ1) is 11.2. The summed E-state index contributed by atoms with van der Waals surface area (Å²) < 4.78 is 10.0. The Kier molecular flexibility index (Phi) is 3.76. The van der Waals surface area contributed by atoms with E-state index in [1.54, 1.807) is 24.5 Å². The molecule has 0 atom stereocenters. The average Bonchev–Trinajstić information content (AvgIpc) is 2.88. The molecule has 17 heavy (non-hydrogen) atoms. The number of esters is 1. The first-order chi connectivity index (χ1) is 8.34. The molecule has 1 heterocycles. The van der Waals surface area contributed by atoms with E-state index in [-0.39, 0.29) is 12.6 Å². The first-order valence-electron chi connectivity index (χ1n) is 5.27. The zero-order valence-electron chi connectivity index (χ0n) is 9.21. The fourth-order valence-corrected chi connectivity index (χ4v) is 1.31. The van der Waals surface area contributed by atoms with E-state index in [1.165, 1.54) is 6.08 Å². The third-order valence-electron chi connectivity index (χ3n) is 2.15. The molecule has 0 saturated carbocycles. The van der Waals surface area contributed by atoms with Gasteiger partial charge in [-0.15, -0.1) is 0 Å². The van der Waals surface area contributed by atoms with Gasteiger partial charge in [0.1, 0.15) is 12.4 Å². The van der Waals surface area contributed by atoms with E-state index in [2.05, 4.69) is 0 Å². The predicted molar refractivity (Wildman–Crippen MR) is 64.0 cm³/mol. The summed E-state index contributed by atoms with van der Waals surface area (Å²) in [4.78, 5) is 11.4. The van der Waals surface area contributed by atoms with Crippen LogP contribution in [0.3, 0.4) is 0 Å². The van der Waals surface area contributed by atoms with Crippen LogP contribution in [-0.2, 0) is 16.1 Å². The van der Waals surface area contributed by atoms with E-state index in [4.69, 9.17) is 9.15 Å². The smallest absolute Gasteiger partial charge is 0.331 e. The molecule has 0 aliphatic heterocycles. The van der Waals surface area contributed by atoms with Gasteiger partial charge in [-0.3, -0.25) is 0 Å². The molecule has 0 unspecified atom stereocenters. The Morgan fingerprint density at radius 3 is 2.71 bits per heavy atom. The van der Waals surface area contributed by atoms with Crippen molar-refractivity contribution in [2.75, 3.05) is 0 Å². The molecule has 2 rings (SSSR count). The monoisotopic (exact) mass is 228 g/mol. The van der Waals surface area contributed by atoms with Gasteiger partial charge >= 0.3 is 5.97 Å². The lowest BCUT2D eigenvalue weighted by Crippen LogP contribution is -1.99. The Bertz CT molecular complexity index is 483. The van der Waals surface area contributed by atoms with Crippen molar-refractivity contribution in [2.45, 2.75) is 6.61 Å². The van der Waals surface area contributed by atoms with Crippen LogP contribution in [0.4, 0.5) is 0 Å². The second-order valence-corrected chi connectivity index (χ2v) is 3.43. The van der Waals surface area contributed by atoms with Gasteiger partial charge in [0, 0.05) is 6.08 Å². The van der Waals surface area contributed by atoms with Gasteiger partial charge in [0.05, 0.1) is 6.26 Å². The summed E-state index contributed by atoms with van der Waals surface area (Å²) in [5.41, 5.74) is 0.961. The van der Waals surface area contributed by atoms with Gasteiger partial charge in [0.2, 0.25) is 0 Å². The Balaban J connectivity index is 1.83. The number of benzene rings is 1. The van der Waals surface area contributed by atoms with Crippen molar-refractivity contribution in [3.05, 3.63) is 66.1 Å². The highest BCUT2D eigenvalue weighted by Gasteiger charge is 2.00. The van der Waals surface area contributed by atoms with Crippen molar-refractivity contribution in [3.63, 3.8) is 0 Å². The molecule has 1 aromatic carbocycles. The maximum Gasteiger partial charge on any atom is 0.331 e. The summed E-state index contributed by atoms with van der Waals surface area (Å²) in [6.45, 7) is 0.158. The molecular formula is C14H12O3. The van der Waals surface area contributed by atoms with Gasteiger partial charge < -0.3 is 9.15 Å². The minimum Gasteiger partial charge on any atom is -0.466 e. The predicted octanol–water partition coefficient (Wildman–Crippen LogP) is 3.04. The maximum absolute atomic E-state index is 11.4. The molecule has 86 valence electrons. The molecule has 1 aromatic heterocycles. The van der Waals surface area contributed by atoms with E-state index in [9.17, 15) is 4.79 Å². The molecular weight excluding hydrogens is 216 g/mol.